The zero-order chi connectivity index (χ0) is 14.5. The summed E-state index contributed by atoms with van der Waals surface area (Å²) < 4.78 is 11.3. The SMILES string of the molecule is CCCNC(c1ccc2c(c1)OCCO2)c1ccccn1. The van der Waals surface area contributed by atoms with Crippen LogP contribution in [-0.4, -0.2) is 24.7 Å². The lowest BCUT2D eigenvalue weighted by Crippen LogP contribution is -2.24. The van der Waals surface area contributed by atoms with E-state index in [4.69, 9.17) is 9.47 Å². The molecule has 1 aromatic heterocycles. The number of hydrogen-bond acceptors (Lipinski definition) is 4. The Balaban J connectivity index is 1.92. The van der Waals surface area contributed by atoms with Gasteiger partial charge in [0.1, 0.15) is 13.2 Å². The molecular weight excluding hydrogens is 264 g/mol. The average Bonchev–Trinajstić information content (AvgIpc) is 2.56. The third kappa shape index (κ3) is 3.16. The fourth-order valence-electron chi connectivity index (χ4n) is 2.47. The second-order valence-electron chi connectivity index (χ2n) is 5.04. The second kappa shape index (κ2) is 6.59. The molecule has 2 heterocycles. The Morgan fingerprint density at radius 3 is 2.76 bits per heavy atom. The monoisotopic (exact) mass is 284 g/mol. The summed E-state index contributed by atoms with van der Waals surface area (Å²) in [7, 11) is 0. The Morgan fingerprint density at radius 2 is 2.00 bits per heavy atom. The number of pyridine rings is 1. The predicted octanol–water partition coefficient (Wildman–Crippen LogP) is 2.94. The first kappa shape index (κ1) is 13.9. The Morgan fingerprint density at radius 1 is 1.14 bits per heavy atom. The summed E-state index contributed by atoms with van der Waals surface area (Å²) in [6, 6.07) is 12.2. The molecule has 1 atom stereocenters. The topological polar surface area (TPSA) is 43.4 Å². The maximum atomic E-state index is 5.68. The Labute approximate surface area is 125 Å². The van der Waals surface area contributed by atoms with Gasteiger partial charge in [-0.05, 0) is 42.8 Å². The minimum absolute atomic E-state index is 0.0713. The Kier molecular flexibility index (Phi) is 4.36. The number of ether oxygens (including phenoxy) is 2. The number of nitrogens with zero attached hydrogens (tertiary/aromatic N) is 1. The second-order valence-corrected chi connectivity index (χ2v) is 5.04. The van der Waals surface area contributed by atoms with Gasteiger partial charge in [0.15, 0.2) is 11.5 Å². The van der Waals surface area contributed by atoms with E-state index in [-0.39, 0.29) is 6.04 Å². The smallest absolute Gasteiger partial charge is 0.161 e. The van der Waals surface area contributed by atoms with Crippen LogP contribution in [0.15, 0.2) is 42.6 Å². The quantitative estimate of drug-likeness (QED) is 0.916. The first-order chi connectivity index (χ1) is 10.4. The molecule has 0 spiro atoms. The van der Waals surface area contributed by atoms with E-state index in [1.54, 1.807) is 0 Å². The van der Waals surface area contributed by atoms with Crippen molar-refractivity contribution in [2.75, 3.05) is 19.8 Å². The highest BCUT2D eigenvalue weighted by Crippen LogP contribution is 2.33. The van der Waals surface area contributed by atoms with E-state index in [0.29, 0.717) is 13.2 Å². The van der Waals surface area contributed by atoms with Crippen molar-refractivity contribution in [3.63, 3.8) is 0 Å². The third-order valence-corrected chi connectivity index (χ3v) is 3.48. The van der Waals surface area contributed by atoms with Crippen LogP contribution in [0.1, 0.15) is 30.6 Å². The summed E-state index contributed by atoms with van der Waals surface area (Å²) in [6.07, 6.45) is 2.90. The Bertz CT molecular complexity index is 587. The van der Waals surface area contributed by atoms with Gasteiger partial charge in [-0.2, -0.15) is 0 Å². The van der Waals surface area contributed by atoms with Crippen molar-refractivity contribution in [1.29, 1.82) is 0 Å². The van der Waals surface area contributed by atoms with Gasteiger partial charge in [-0.1, -0.05) is 19.1 Å². The van der Waals surface area contributed by atoms with E-state index < -0.39 is 0 Å². The summed E-state index contributed by atoms with van der Waals surface area (Å²) >= 11 is 0. The summed E-state index contributed by atoms with van der Waals surface area (Å²) in [5, 5.41) is 3.55. The maximum absolute atomic E-state index is 5.68. The Hall–Kier alpha value is -2.07. The molecule has 1 aliphatic heterocycles. The van der Waals surface area contributed by atoms with Crippen LogP contribution in [-0.2, 0) is 0 Å². The van der Waals surface area contributed by atoms with Gasteiger partial charge in [0.05, 0.1) is 11.7 Å². The number of fused-ring (bicyclic) bond motifs is 1. The molecule has 21 heavy (non-hydrogen) atoms. The highest BCUT2D eigenvalue weighted by molar-refractivity contribution is 5.46. The minimum Gasteiger partial charge on any atom is -0.486 e. The summed E-state index contributed by atoms with van der Waals surface area (Å²) in [5.41, 5.74) is 2.16. The van der Waals surface area contributed by atoms with Crippen LogP contribution < -0.4 is 14.8 Å². The molecule has 1 unspecified atom stereocenters. The number of aromatic nitrogens is 1. The van der Waals surface area contributed by atoms with E-state index in [9.17, 15) is 0 Å². The van der Waals surface area contributed by atoms with Crippen molar-refractivity contribution in [1.82, 2.24) is 10.3 Å². The molecule has 0 radical (unpaired) electrons. The van der Waals surface area contributed by atoms with Crippen molar-refractivity contribution in [3.05, 3.63) is 53.9 Å². The lowest BCUT2D eigenvalue weighted by Gasteiger charge is -2.22. The van der Waals surface area contributed by atoms with E-state index in [2.05, 4.69) is 29.4 Å². The van der Waals surface area contributed by atoms with E-state index in [1.165, 1.54) is 0 Å². The van der Waals surface area contributed by atoms with Gasteiger partial charge in [0.2, 0.25) is 0 Å². The van der Waals surface area contributed by atoms with Crippen LogP contribution >= 0.6 is 0 Å². The van der Waals surface area contributed by atoms with Crippen LogP contribution in [0.25, 0.3) is 0 Å². The van der Waals surface area contributed by atoms with Gasteiger partial charge < -0.3 is 14.8 Å². The van der Waals surface area contributed by atoms with Crippen molar-refractivity contribution in [2.24, 2.45) is 0 Å². The molecule has 0 amide bonds. The number of rotatable bonds is 5. The van der Waals surface area contributed by atoms with Crippen molar-refractivity contribution in [3.8, 4) is 11.5 Å². The molecule has 2 aromatic rings. The normalized spacial score (nSPS) is 14.7. The molecular formula is C17H20N2O2. The highest BCUT2D eigenvalue weighted by atomic mass is 16.6. The molecule has 0 fully saturated rings. The van der Waals surface area contributed by atoms with Gasteiger partial charge in [0, 0.05) is 6.20 Å². The third-order valence-electron chi connectivity index (χ3n) is 3.48. The first-order valence-corrected chi connectivity index (χ1v) is 7.42. The molecule has 1 N–H and O–H groups in total. The molecule has 4 heteroatoms. The fourth-order valence-corrected chi connectivity index (χ4v) is 2.47. The van der Waals surface area contributed by atoms with Gasteiger partial charge in [-0.3, -0.25) is 4.98 Å². The minimum atomic E-state index is 0.0713. The van der Waals surface area contributed by atoms with Gasteiger partial charge >= 0.3 is 0 Å². The standard InChI is InChI=1S/C17H20N2O2/c1-2-8-19-17(14-5-3-4-9-18-14)13-6-7-15-16(12-13)21-11-10-20-15/h3-7,9,12,17,19H,2,8,10-11H2,1H3. The molecule has 1 aromatic carbocycles. The summed E-state index contributed by atoms with van der Waals surface area (Å²) in [6.45, 7) is 4.32. The average molecular weight is 284 g/mol. The van der Waals surface area contributed by atoms with Crippen molar-refractivity contribution >= 4 is 0 Å². The number of nitrogens with one attached hydrogen (secondary N) is 1. The summed E-state index contributed by atoms with van der Waals surface area (Å²) in [5.74, 6) is 1.64. The fraction of sp³-hybridized carbons (Fsp3) is 0.353. The van der Waals surface area contributed by atoms with Crippen LogP contribution in [0.4, 0.5) is 0 Å². The van der Waals surface area contributed by atoms with E-state index in [0.717, 1.165) is 35.7 Å². The molecule has 0 saturated carbocycles. The maximum Gasteiger partial charge on any atom is 0.161 e. The molecule has 0 aliphatic carbocycles. The molecule has 0 bridgehead atoms. The zero-order valence-electron chi connectivity index (χ0n) is 12.2. The van der Waals surface area contributed by atoms with Crippen molar-refractivity contribution in [2.45, 2.75) is 19.4 Å². The van der Waals surface area contributed by atoms with Gasteiger partial charge in [-0.15, -0.1) is 0 Å². The zero-order valence-corrected chi connectivity index (χ0v) is 12.2. The highest BCUT2D eigenvalue weighted by Gasteiger charge is 2.18. The predicted molar refractivity (Wildman–Crippen MR) is 81.8 cm³/mol. The first-order valence-electron chi connectivity index (χ1n) is 7.42. The lowest BCUT2D eigenvalue weighted by atomic mass is 10.0. The summed E-state index contributed by atoms with van der Waals surface area (Å²) in [4.78, 5) is 4.49. The van der Waals surface area contributed by atoms with Gasteiger partial charge in [-0.25, -0.2) is 0 Å². The molecule has 4 nitrogen and oxygen atoms in total. The van der Waals surface area contributed by atoms with Crippen molar-refractivity contribution < 1.29 is 9.47 Å². The molecule has 3 rings (SSSR count). The number of benzene rings is 1. The van der Waals surface area contributed by atoms with Crippen LogP contribution in [0, 0.1) is 0 Å². The van der Waals surface area contributed by atoms with Crippen LogP contribution in [0.2, 0.25) is 0 Å². The number of hydrogen-bond donors (Lipinski definition) is 1. The van der Waals surface area contributed by atoms with Gasteiger partial charge in [0.25, 0.3) is 0 Å². The molecule has 110 valence electrons. The van der Waals surface area contributed by atoms with E-state index in [1.807, 2.05) is 30.5 Å². The largest absolute Gasteiger partial charge is 0.486 e. The molecule has 1 aliphatic rings. The van der Waals surface area contributed by atoms with E-state index >= 15 is 0 Å². The molecule has 0 saturated heterocycles. The lowest BCUT2D eigenvalue weighted by molar-refractivity contribution is 0.171. The van der Waals surface area contributed by atoms with Crippen LogP contribution in [0.5, 0.6) is 11.5 Å². The van der Waals surface area contributed by atoms with Crippen LogP contribution in [0.3, 0.4) is 0 Å².